The van der Waals surface area contributed by atoms with Crippen molar-refractivity contribution in [3.63, 3.8) is 0 Å². The van der Waals surface area contributed by atoms with E-state index >= 15 is 0 Å². The van der Waals surface area contributed by atoms with E-state index in [0.29, 0.717) is 22.9 Å². The van der Waals surface area contributed by atoms with Gasteiger partial charge in [0.05, 0.1) is 28.5 Å². The molecule has 3 aromatic carbocycles. The summed E-state index contributed by atoms with van der Waals surface area (Å²) in [5.41, 5.74) is 1.74. The maximum absolute atomic E-state index is 14.6. The summed E-state index contributed by atoms with van der Waals surface area (Å²) in [7, 11) is -3.81. The van der Waals surface area contributed by atoms with Crippen molar-refractivity contribution in [1.29, 1.82) is 5.26 Å². The number of rotatable bonds is 11. The van der Waals surface area contributed by atoms with Gasteiger partial charge in [-0.1, -0.05) is 72.6 Å². The number of carbonyl (C=O) groups is 1. The number of nitrogens with zero attached hydrogens (tertiary/aromatic N) is 2. The molecule has 2 fully saturated rings. The minimum atomic E-state index is -3.81. The lowest BCUT2D eigenvalue weighted by molar-refractivity contribution is -0.155. The van der Waals surface area contributed by atoms with Crippen molar-refractivity contribution in [2.24, 2.45) is 11.3 Å². The van der Waals surface area contributed by atoms with Gasteiger partial charge in [0.25, 0.3) is 0 Å². The number of anilines is 1. The van der Waals surface area contributed by atoms with Crippen LogP contribution in [0.2, 0.25) is 10.0 Å². The molecule has 1 saturated heterocycles. The molecule has 0 radical (unpaired) electrons. The lowest BCUT2D eigenvalue weighted by Crippen LogP contribution is -2.56. The quantitative estimate of drug-likeness (QED) is 0.215. The number of amides is 1. The molecular weight excluding hydrogens is 601 g/mol. The molecule has 1 N–H and O–H groups in total. The zero-order valence-electron chi connectivity index (χ0n) is 24.0. The molecule has 1 heterocycles. The SMILES string of the molecule is C=CC[C@@]1(C)C[C@H](c2cccc(Cl)c2)[C@@H](c2ccc(Cl)cc2)N([C@@H](CCS(=O)(=O)Nc2ccccc2C#N)C2CC2)C1=O. The number of halogens is 2. The van der Waals surface area contributed by atoms with Crippen LogP contribution in [0.15, 0.2) is 85.5 Å². The van der Waals surface area contributed by atoms with Gasteiger partial charge in [-0.25, -0.2) is 8.42 Å². The van der Waals surface area contributed by atoms with Gasteiger partial charge in [0.2, 0.25) is 15.9 Å². The molecule has 224 valence electrons. The Kier molecular flexibility index (Phi) is 9.22. The summed E-state index contributed by atoms with van der Waals surface area (Å²) in [5, 5.41) is 10.7. The van der Waals surface area contributed by atoms with Crippen molar-refractivity contribution in [2.75, 3.05) is 10.5 Å². The number of nitrogens with one attached hydrogen (secondary N) is 1. The number of hydrogen-bond acceptors (Lipinski definition) is 4. The number of sulfonamides is 1. The Morgan fingerprint density at radius 2 is 1.79 bits per heavy atom. The molecule has 1 aliphatic heterocycles. The zero-order valence-corrected chi connectivity index (χ0v) is 26.4. The molecule has 4 atom stereocenters. The maximum atomic E-state index is 14.6. The van der Waals surface area contributed by atoms with Crippen LogP contribution in [0.1, 0.15) is 67.7 Å². The van der Waals surface area contributed by atoms with E-state index < -0.39 is 15.4 Å². The Balaban J connectivity index is 1.56. The largest absolute Gasteiger partial charge is 0.331 e. The first kappa shape index (κ1) is 31.1. The van der Waals surface area contributed by atoms with Gasteiger partial charge in [-0.05, 0) is 85.5 Å². The van der Waals surface area contributed by atoms with E-state index in [1.54, 1.807) is 30.3 Å². The van der Waals surface area contributed by atoms with E-state index in [9.17, 15) is 18.5 Å². The molecule has 0 bridgehead atoms. The van der Waals surface area contributed by atoms with Crippen LogP contribution in [0.4, 0.5) is 5.69 Å². The normalized spacial score (nSPS) is 22.9. The third-order valence-electron chi connectivity index (χ3n) is 8.70. The van der Waals surface area contributed by atoms with Gasteiger partial charge in [0, 0.05) is 22.0 Å². The van der Waals surface area contributed by atoms with E-state index in [2.05, 4.69) is 17.4 Å². The summed E-state index contributed by atoms with van der Waals surface area (Å²) in [4.78, 5) is 16.6. The van der Waals surface area contributed by atoms with Crippen molar-refractivity contribution in [3.8, 4) is 6.07 Å². The lowest BCUT2D eigenvalue weighted by Gasteiger charge is -2.52. The summed E-state index contributed by atoms with van der Waals surface area (Å²) in [5.74, 6) is -0.0967. The number of nitriles is 1. The number of piperidine rings is 1. The number of carbonyl (C=O) groups excluding carboxylic acids is 1. The minimum absolute atomic E-state index is 0.00251. The molecule has 5 rings (SSSR count). The average Bonchev–Trinajstić information content (AvgIpc) is 3.81. The molecule has 43 heavy (non-hydrogen) atoms. The molecule has 1 aliphatic carbocycles. The van der Waals surface area contributed by atoms with E-state index in [4.69, 9.17) is 23.2 Å². The second-order valence-electron chi connectivity index (χ2n) is 11.9. The fraction of sp³-hybridized carbons (Fsp3) is 0.353. The summed E-state index contributed by atoms with van der Waals surface area (Å²) in [6.45, 7) is 5.94. The second-order valence-corrected chi connectivity index (χ2v) is 14.6. The number of hydrogen-bond donors (Lipinski definition) is 1. The van der Waals surface area contributed by atoms with Crippen LogP contribution in [0.5, 0.6) is 0 Å². The second kappa shape index (κ2) is 12.7. The first-order valence-corrected chi connectivity index (χ1v) is 16.9. The smallest absolute Gasteiger partial charge is 0.232 e. The first-order valence-electron chi connectivity index (χ1n) is 14.5. The molecule has 0 aromatic heterocycles. The van der Waals surface area contributed by atoms with Crippen LogP contribution in [-0.2, 0) is 14.8 Å². The van der Waals surface area contributed by atoms with Crippen LogP contribution < -0.4 is 4.72 Å². The van der Waals surface area contributed by atoms with Gasteiger partial charge >= 0.3 is 0 Å². The van der Waals surface area contributed by atoms with E-state index in [-0.39, 0.29) is 53.3 Å². The van der Waals surface area contributed by atoms with Crippen molar-refractivity contribution in [1.82, 2.24) is 4.90 Å². The molecule has 9 heteroatoms. The molecule has 1 amide bonds. The van der Waals surface area contributed by atoms with Gasteiger partial charge in [-0.3, -0.25) is 9.52 Å². The highest BCUT2D eigenvalue weighted by Crippen LogP contribution is 2.54. The monoisotopic (exact) mass is 635 g/mol. The Hall–Kier alpha value is -3.31. The van der Waals surface area contributed by atoms with Crippen molar-refractivity contribution < 1.29 is 13.2 Å². The summed E-state index contributed by atoms with van der Waals surface area (Å²) >= 11 is 12.8. The van der Waals surface area contributed by atoms with E-state index in [1.807, 2.05) is 60.4 Å². The van der Waals surface area contributed by atoms with Crippen LogP contribution >= 0.6 is 23.2 Å². The van der Waals surface area contributed by atoms with Gasteiger partial charge < -0.3 is 4.90 Å². The Morgan fingerprint density at radius 3 is 2.44 bits per heavy atom. The third kappa shape index (κ3) is 6.93. The Bertz CT molecular complexity index is 1650. The first-order chi connectivity index (χ1) is 20.5. The highest BCUT2D eigenvalue weighted by molar-refractivity contribution is 7.92. The fourth-order valence-corrected chi connectivity index (χ4v) is 7.99. The molecule has 3 aromatic rings. The number of allylic oxidation sites excluding steroid dienone is 1. The van der Waals surface area contributed by atoms with Gasteiger partial charge in [-0.2, -0.15) is 5.26 Å². The predicted octanol–water partition coefficient (Wildman–Crippen LogP) is 8.12. The van der Waals surface area contributed by atoms with Crippen LogP contribution in [0, 0.1) is 22.7 Å². The Morgan fingerprint density at radius 1 is 1.07 bits per heavy atom. The standard InChI is InChI=1S/C34H35Cl2N3O3S/c1-3-18-34(2)21-29(25-8-6-9-28(36)20-25)32(24-13-15-27(35)16-14-24)39(33(34)40)31(23-11-12-23)17-19-43(41,42)38-30-10-5-4-7-26(30)22-37/h3-10,13-16,20,23,29,31-32,38H,1,11-12,17-19,21H2,2H3/t29-,31+,32-,34+/m1/s1. The zero-order chi connectivity index (χ0) is 30.8. The van der Waals surface area contributed by atoms with E-state index in [0.717, 1.165) is 24.0 Å². The van der Waals surface area contributed by atoms with Crippen LogP contribution in [0.3, 0.4) is 0 Å². The molecule has 0 unspecified atom stereocenters. The third-order valence-corrected chi connectivity index (χ3v) is 10.5. The van der Waals surface area contributed by atoms with Crippen molar-refractivity contribution in [3.05, 3.63) is 112 Å². The predicted molar refractivity (Wildman–Crippen MR) is 172 cm³/mol. The number of benzene rings is 3. The van der Waals surface area contributed by atoms with Crippen molar-refractivity contribution in [2.45, 2.75) is 57.0 Å². The molecule has 2 aliphatic rings. The van der Waals surface area contributed by atoms with Gasteiger partial charge in [0.1, 0.15) is 6.07 Å². The summed E-state index contributed by atoms with van der Waals surface area (Å²) in [6, 6.07) is 23.3. The fourth-order valence-electron chi connectivity index (χ4n) is 6.50. The van der Waals surface area contributed by atoms with Crippen LogP contribution in [-0.4, -0.2) is 31.0 Å². The number of likely N-dealkylation sites (tertiary alicyclic amines) is 1. The molecular formula is C34H35Cl2N3O3S. The Labute approximate surface area is 264 Å². The molecule has 6 nitrogen and oxygen atoms in total. The number of para-hydroxylation sites is 1. The molecule has 1 saturated carbocycles. The van der Waals surface area contributed by atoms with Gasteiger partial charge in [0.15, 0.2) is 0 Å². The topological polar surface area (TPSA) is 90.3 Å². The minimum Gasteiger partial charge on any atom is -0.331 e. The molecule has 0 spiro atoms. The average molecular weight is 637 g/mol. The maximum Gasteiger partial charge on any atom is 0.232 e. The van der Waals surface area contributed by atoms with Crippen LogP contribution in [0.25, 0.3) is 0 Å². The lowest BCUT2D eigenvalue weighted by atomic mass is 9.67. The van der Waals surface area contributed by atoms with Crippen molar-refractivity contribution >= 4 is 44.8 Å². The summed E-state index contributed by atoms with van der Waals surface area (Å²) in [6.07, 6.45) is 4.98. The van der Waals surface area contributed by atoms with E-state index in [1.165, 1.54) is 0 Å². The highest BCUT2D eigenvalue weighted by atomic mass is 35.5. The van der Waals surface area contributed by atoms with Gasteiger partial charge in [-0.15, -0.1) is 6.58 Å². The highest BCUT2D eigenvalue weighted by Gasteiger charge is 2.53. The summed E-state index contributed by atoms with van der Waals surface area (Å²) < 4.78 is 29.3.